The van der Waals surface area contributed by atoms with Crippen LogP contribution in [0.25, 0.3) is 0 Å². The lowest BCUT2D eigenvalue weighted by Gasteiger charge is -2.21. The van der Waals surface area contributed by atoms with Crippen molar-refractivity contribution in [3.8, 4) is 0 Å². The van der Waals surface area contributed by atoms with Crippen LogP contribution >= 0.6 is 7.60 Å². The van der Waals surface area contributed by atoms with Gasteiger partial charge in [-0.2, -0.15) is 0 Å². The monoisotopic (exact) mass is 244 g/mol. The Labute approximate surface area is 83.4 Å². The van der Waals surface area contributed by atoms with Crippen LogP contribution in [0.3, 0.4) is 0 Å². The molecular formula is C5H9O9P. The summed E-state index contributed by atoms with van der Waals surface area (Å²) in [6.45, 7) is 0.959. The SMILES string of the molecule is CC(OC(=O)O)C(OC(=O)O)P(=O)(O)O. The van der Waals surface area contributed by atoms with Crippen molar-refractivity contribution in [1.29, 1.82) is 0 Å². The van der Waals surface area contributed by atoms with Gasteiger partial charge in [0.1, 0.15) is 0 Å². The van der Waals surface area contributed by atoms with Gasteiger partial charge in [-0.15, -0.1) is 0 Å². The van der Waals surface area contributed by atoms with Gasteiger partial charge in [0.2, 0.25) is 5.85 Å². The van der Waals surface area contributed by atoms with E-state index in [0.717, 1.165) is 6.92 Å². The average Bonchev–Trinajstić information content (AvgIpc) is 1.95. The summed E-state index contributed by atoms with van der Waals surface area (Å²) in [5.74, 6) is -2.17. The fourth-order valence-corrected chi connectivity index (χ4v) is 1.59. The minimum atomic E-state index is -4.93. The third-order valence-corrected chi connectivity index (χ3v) is 2.43. The number of carbonyl (C=O) groups is 2. The Bertz CT molecular complexity index is 293. The minimum absolute atomic E-state index is 0.959. The van der Waals surface area contributed by atoms with Crippen molar-refractivity contribution < 1.29 is 43.6 Å². The van der Waals surface area contributed by atoms with Gasteiger partial charge in [0.15, 0.2) is 6.10 Å². The Kier molecular flexibility index (Phi) is 4.53. The molecule has 4 N–H and O–H groups in total. The molecule has 15 heavy (non-hydrogen) atoms. The molecule has 0 aliphatic rings. The number of carboxylic acid groups (broad SMARTS) is 2. The van der Waals surface area contributed by atoms with Crippen molar-refractivity contribution in [3.63, 3.8) is 0 Å². The molecule has 0 aromatic carbocycles. The van der Waals surface area contributed by atoms with Gasteiger partial charge >= 0.3 is 19.9 Å². The van der Waals surface area contributed by atoms with Gasteiger partial charge in [0, 0.05) is 0 Å². The number of ether oxygens (including phenoxy) is 2. The van der Waals surface area contributed by atoms with Gasteiger partial charge in [-0.3, -0.25) is 4.57 Å². The van der Waals surface area contributed by atoms with Gasteiger partial charge < -0.3 is 29.5 Å². The predicted molar refractivity (Wildman–Crippen MR) is 43.5 cm³/mol. The van der Waals surface area contributed by atoms with E-state index in [9.17, 15) is 14.2 Å². The molecule has 0 aliphatic carbocycles. The highest BCUT2D eigenvalue weighted by molar-refractivity contribution is 7.52. The maximum Gasteiger partial charge on any atom is 0.506 e. The lowest BCUT2D eigenvalue weighted by molar-refractivity contribution is -0.0112. The summed E-state index contributed by atoms with van der Waals surface area (Å²) >= 11 is 0. The molecule has 0 saturated heterocycles. The molecule has 2 unspecified atom stereocenters. The van der Waals surface area contributed by atoms with Crippen LogP contribution in [-0.4, -0.2) is 44.3 Å². The molecule has 0 spiro atoms. The van der Waals surface area contributed by atoms with Crippen molar-refractivity contribution in [3.05, 3.63) is 0 Å². The fraction of sp³-hybridized carbons (Fsp3) is 0.600. The molecule has 0 bridgehead atoms. The second kappa shape index (κ2) is 4.96. The molecule has 0 fully saturated rings. The summed E-state index contributed by atoms with van der Waals surface area (Å²) in [5.41, 5.74) is 0. The molecule has 0 aromatic rings. The van der Waals surface area contributed by atoms with Crippen molar-refractivity contribution >= 4 is 19.9 Å². The van der Waals surface area contributed by atoms with Crippen molar-refractivity contribution in [1.82, 2.24) is 0 Å². The van der Waals surface area contributed by atoms with Gasteiger partial charge in [0.25, 0.3) is 0 Å². The summed E-state index contributed by atoms with van der Waals surface area (Å²) in [6.07, 6.45) is -5.35. The van der Waals surface area contributed by atoms with Crippen molar-refractivity contribution in [2.75, 3.05) is 0 Å². The van der Waals surface area contributed by atoms with E-state index in [4.69, 9.17) is 20.0 Å². The molecule has 9 nitrogen and oxygen atoms in total. The summed E-state index contributed by atoms with van der Waals surface area (Å²) in [7, 11) is -4.93. The maximum atomic E-state index is 10.7. The molecule has 2 atom stereocenters. The summed E-state index contributed by atoms with van der Waals surface area (Å²) < 4.78 is 18.5. The summed E-state index contributed by atoms with van der Waals surface area (Å²) in [5, 5.41) is 16.3. The lowest BCUT2D eigenvalue weighted by Crippen LogP contribution is -2.32. The van der Waals surface area contributed by atoms with Crippen molar-refractivity contribution in [2.24, 2.45) is 0 Å². The van der Waals surface area contributed by atoms with Crippen molar-refractivity contribution in [2.45, 2.75) is 18.9 Å². The molecule has 0 saturated carbocycles. The highest BCUT2D eigenvalue weighted by Crippen LogP contribution is 2.44. The first-order chi connectivity index (χ1) is 6.64. The Balaban J connectivity index is 4.70. The number of hydrogen-bond donors (Lipinski definition) is 4. The predicted octanol–water partition coefficient (Wildman–Crippen LogP) is 0.268. The first kappa shape index (κ1) is 13.7. The average molecular weight is 244 g/mol. The Hall–Kier alpha value is -1.31. The highest BCUT2D eigenvalue weighted by atomic mass is 31.2. The summed E-state index contributed by atoms with van der Waals surface area (Å²) in [6, 6.07) is 0. The Morgan fingerprint density at radius 3 is 1.80 bits per heavy atom. The lowest BCUT2D eigenvalue weighted by atomic mass is 10.4. The second-order valence-corrected chi connectivity index (χ2v) is 4.14. The fourth-order valence-electron chi connectivity index (χ4n) is 0.758. The zero-order valence-corrected chi connectivity index (χ0v) is 8.33. The second-order valence-electron chi connectivity index (χ2n) is 2.45. The molecular weight excluding hydrogens is 235 g/mol. The molecule has 88 valence electrons. The minimum Gasteiger partial charge on any atom is -0.450 e. The standard InChI is InChI=1S/C5H9O9P/c1-2(13-4(6)7)3(14-5(8)9)15(10,11)12/h2-3H,1H3,(H,6,7)(H,8,9)(H2,10,11,12). The smallest absolute Gasteiger partial charge is 0.450 e. The molecule has 0 aliphatic heterocycles. The topological polar surface area (TPSA) is 151 Å². The maximum absolute atomic E-state index is 10.7. The molecule has 0 heterocycles. The Morgan fingerprint density at radius 1 is 1.13 bits per heavy atom. The van der Waals surface area contributed by atoms with E-state index in [1.807, 2.05) is 0 Å². The molecule has 0 radical (unpaired) electrons. The first-order valence-electron chi connectivity index (χ1n) is 3.49. The van der Waals surface area contributed by atoms with Gasteiger partial charge in [0.05, 0.1) is 0 Å². The van der Waals surface area contributed by atoms with E-state index < -0.39 is 31.9 Å². The molecule has 0 amide bonds. The van der Waals surface area contributed by atoms with E-state index in [1.54, 1.807) is 0 Å². The third kappa shape index (κ3) is 5.21. The van der Waals surface area contributed by atoms with E-state index >= 15 is 0 Å². The van der Waals surface area contributed by atoms with E-state index in [0.29, 0.717) is 0 Å². The zero-order valence-electron chi connectivity index (χ0n) is 7.43. The zero-order chi connectivity index (χ0) is 12.2. The van der Waals surface area contributed by atoms with Crippen LogP contribution in [0, 0.1) is 0 Å². The molecule has 10 heteroatoms. The normalized spacial score (nSPS) is 15.1. The number of hydrogen-bond acceptors (Lipinski definition) is 5. The van der Waals surface area contributed by atoms with E-state index in [1.165, 1.54) is 0 Å². The Morgan fingerprint density at radius 2 is 1.53 bits per heavy atom. The highest BCUT2D eigenvalue weighted by Gasteiger charge is 2.40. The van der Waals surface area contributed by atoms with E-state index in [-0.39, 0.29) is 0 Å². The van der Waals surface area contributed by atoms with E-state index in [2.05, 4.69) is 9.47 Å². The quantitative estimate of drug-likeness (QED) is 0.403. The van der Waals surface area contributed by atoms with Crippen LogP contribution in [-0.2, 0) is 14.0 Å². The van der Waals surface area contributed by atoms with Crippen LogP contribution in [0.1, 0.15) is 6.92 Å². The van der Waals surface area contributed by atoms with Gasteiger partial charge in [-0.1, -0.05) is 0 Å². The first-order valence-corrected chi connectivity index (χ1v) is 5.17. The third-order valence-electron chi connectivity index (χ3n) is 1.24. The van der Waals surface area contributed by atoms with Gasteiger partial charge in [-0.25, -0.2) is 9.59 Å². The molecule has 0 aromatic heterocycles. The van der Waals surface area contributed by atoms with Crippen LogP contribution in [0.4, 0.5) is 9.59 Å². The molecule has 0 rings (SSSR count). The van der Waals surface area contributed by atoms with Crippen LogP contribution in [0.2, 0.25) is 0 Å². The van der Waals surface area contributed by atoms with Gasteiger partial charge in [-0.05, 0) is 6.92 Å². The number of rotatable bonds is 4. The largest absolute Gasteiger partial charge is 0.506 e. The van der Waals surface area contributed by atoms with Crippen LogP contribution in [0.5, 0.6) is 0 Å². The van der Waals surface area contributed by atoms with Crippen LogP contribution < -0.4 is 0 Å². The van der Waals surface area contributed by atoms with Crippen LogP contribution in [0.15, 0.2) is 0 Å². The summed E-state index contributed by atoms with van der Waals surface area (Å²) in [4.78, 5) is 37.4.